The second-order valence-electron chi connectivity index (χ2n) is 5.67. The van der Waals surface area contributed by atoms with E-state index < -0.39 is 5.25 Å². The van der Waals surface area contributed by atoms with Crippen molar-refractivity contribution >= 4 is 17.7 Å². The van der Waals surface area contributed by atoms with Crippen molar-refractivity contribution in [1.82, 2.24) is 9.55 Å². The van der Waals surface area contributed by atoms with E-state index in [1.54, 1.807) is 25.3 Å². The van der Waals surface area contributed by atoms with Crippen molar-refractivity contribution in [3.05, 3.63) is 72.2 Å². The summed E-state index contributed by atoms with van der Waals surface area (Å²) in [6.07, 6.45) is 1.74. The summed E-state index contributed by atoms with van der Waals surface area (Å²) in [6.45, 7) is 2.35. The van der Waals surface area contributed by atoms with Crippen LogP contribution in [-0.4, -0.2) is 20.7 Å². The number of aromatic nitrogens is 2. The average molecular weight is 355 g/mol. The number of nitrogens with zero attached hydrogens (tertiary/aromatic N) is 2. The van der Waals surface area contributed by atoms with E-state index in [1.165, 1.54) is 23.9 Å². The van der Waals surface area contributed by atoms with Gasteiger partial charge in [-0.05, 0) is 42.3 Å². The monoisotopic (exact) mass is 355 g/mol. The first-order valence-electron chi connectivity index (χ1n) is 7.86. The third-order valence-corrected chi connectivity index (χ3v) is 4.95. The van der Waals surface area contributed by atoms with Crippen LogP contribution < -0.4 is 5.73 Å². The Kier molecular flexibility index (Phi) is 5.19. The maximum absolute atomic E-state index is 13.2. The number of benzene rings is 2. The lowest BCUT2D eigenvalue weighted by Gasteiger charge is -2.14. The molecule has 3 aromatic rings. The molecule has 2 aromatic carbocycles. The van der Waals surface area contributed by atoms with Crippen molar-refractivity contribution in [3.8, 4) is 11.3 Å². The first-order chi connectivity index (χ1) is 12.0. The number of carbonyl (C=O) groups excluding carboxylic acids is 1. The van der Waals surface area contributed by atoms with Gasteiger partial charge in [-0.2, -0.15) is 0 Å². The van der Waals surface area contributed by atoms with E-state index in [0.717, 1.165) is 16.8 Å². The molecule has 3 rings (SSSR count). The van der Waals surface area contributed by atoms with Crippen LogP contribution in [0.4, 0.5) is 4.39 Å². The number of hydrogen-bond acceptors (Lipinski definition) is 3. The standard InChI is InChI=1S/C19H18FN3OS/c1-13(18(21)24)25-19-22-11-17(15-7-9-16(20)10-8-15)23(19)12-14-5-3-2-4-6-14/h2-11,13H,12H2,1H3,(H2,21,24). The number of amides is 1. The van der Waals surface area contributed by atoms with Gasteiger partial charge in [0.05, 0.1) is 23.7 Å². The van der Waals surface area contributed by atoms with Gasteiger partial charge in [-0.15, -0.1) is 0 Å². The normalized spacial score (nSPS) is 12.1. The van der Waals surface area contributed by atoms with Gasteiger partial charge in [-0.1, -0.05) is 42.1 Å². The van der Waals surface area contributed by atoms with Crippen LogP contribution in [0, 0.1) is 5.82 Å². The minimum absolute atomic E-state index is 0.283. The zero-order valence-electron chi connectivity index (χ0n) is 13.7. The second-order valence-corrected chi connectivity index (χ2v) is 6.98. The van der Waals surface area contributed by atoms with Crippen LogP contribution in [0.1, 0.15) is 12.5 Å². The number of rotatable bonds is 6. The molecule has 0 saturated carbocycles. The average Bonchev–Trinajstić information content (AvgIpc) is 2.99. The van der Waals surface area contributed by atoms with Crippen LogP contribution in [0.3, 0.4) is 0 Å². The van der Waals surface area contributed by atoms with E-state index in [4.69, 9.17) is 5.73 Å². The van der Waals surface area contributed by atoms with Crippen molar-refractivity contribution in [3.63, 3.8) is 0 Å². The number of nitrogens with two attached hydrogens (primary N) is 1. The third-order valence-electron chi connectivity index (χ3n) is 3.83. The van der Waals surface area contributed by atoms with Crippen molar-refractivity contribution in [2.24, 2.45) is 5.73 Å². The van der Waals surface area contributed by atoms with Crippen LogP contribution >= 0.6 is 11.8 Å². The SMILES string of the molecule is CC(Sc1ncc(-c2ccc(F)cc2)n1Cc1ccccc1)C(N)=O. The number of primary amides is 1. The lowest BCUT2D eigenvalue weighted by atomic mass is 10.1. The summed E-state index contributed by atoms with van der Waals surface area (Å²) < 4.78 is 15.3. The zero-order chi connectivity index (χ0) is 17.8. The molecule has 1 aromatic heterocycles. The molecule has 2 N–H and O–H groups in total. The minimum atomic E-state index is -0.391. The Balaban J connectivity index is 2.01. The summed E-state index contributed by atoms with van der Waals surface area (Å²) in [5, 5.41) is 0.312. The quantitative estimate of drug-likeness (QED) is 0.686. The largest absolute Gasteiger partial charge is 0.369 e. The van der Waals surface area contributed by atoms with E-state index in [2.05, 4.69) is 4.98 Å². The molecule has 0 fully saturated rings. The fourth-order valence-corrected chi connectivity index (χ4v) is 3.27. The molecule has 4 nitrogen and oxygen atoms in total. The van der Waals surface area contributed by atoms with Crippen LogP contribution in [0.2, 0.25) is 0 Å². The predicted molar refractivity (Wildman–Crippen MR) is 97.7 cm³/mol. The predicted octanol–water partition coefficient (Wildman–Crippen LogP) is 3.70. The lowest BCUT2D eigenvalue weighted by Crippen LogP contribution is -2.23. The summed E-state index contributed by atoms with van der Waals surface area (Å²) in [5.74, 6) is -0.669. The van der Waals surface area contributed by atoms with Gasteiger partial charge in [0.25, 0.3) is 0 Å². The first kappa shape index (κ1) is 17.2. The highest BCUT2D eigenvalue weighted by Gasteiger charge is 2.18. The van der Waals surface area contributed by atoms with Gasteiger partial charge in [0, 0.05) is 0 Å². The molecule has 1 unspecified atom stereocenters. The van der Waals surface area contributed by atoms with Crippen molar-refractivity contribution in [2.75, 3.05) is 0 Å². The molecule has 1 atom stereocenters. The second kappa shape index (κ2) is 7.53. The number of carbonyl (C=O) groups is 1. The summed E-state index contributed by atoms with van der Waals surface area (Å²) in [6, 6.07) is 16.3. The van der Waals surface area contributed by atoms with Gasteiger partial charge in [-0.3, -0.25) is 4.79 Å². The zero-order valence-corrected chi connectivity index (χ0v) is 14.5. The molecule has 0 spiro atoms. The summed E-state index contributed by atoms with van der Waals surface area (Å²) >= 11 is 1.32. The van der Waals surface area contributed by atoms with Crippen LogP contribution in [0.25, 0.3) is 11.3 Å². The van der Waals surface area contributed by atoms with E-state index in [9.17, 15) is 9.18 Å². The van der Waals surface area contributed by atoms with Crippen molar-refractivity contribution in [2.45, 2.75) is 23.9 Å². The number of imidazole rings is 1. The molecule has 128 valence electrons. The Bertz CT molecular complexity index is 862. The fourth-order valence-electron chi connectivity index (χ4n) is 2.44. The van der Waals surface area contributed by atoms with Gasteiger partial charge in [0.1, 0.15) is 5.82 Å². The Morgan fingerprint density at radius 1 is 1.20 bits per heavy atom. The maximum atomic E-state index is 13.2. The van der Waals surface area contributed by atoms with Gasteiger partial charge in [0.15, 0.2) is 5.16 Å². The van der Waals surface area contributed by atoms with E-state index in [-0.39, 0.29) is 11.7 Å². The van der Waals surface area contributed by atoms with Crippen LogP contribution in [0.5, 0.6) is 0 Å². The summed E-state index contributed by atoms with van der Waals surface area (Å²) in [7, 11) is 0. The van der Waals surface area contributed by atoms with Crippen molar-refractivity contribution < 1.29 is 9.18 Å². The highest BCUT2D eigenvalue weighted by molar-refractivity contribution is 8.00. The molecule has 0 bridgehead atoms. The van der Waals surface area contributed by atoms with Crippen molar-refractivity contribution in [1.29, 1.82) is 0 Å². The Morgan fingerprint density at radius 3 is 2.52 bits per heavy atom. The molecule has 0 saturated heterocycles. The maximum Gasteiger partial charge on any atom is 0.230 e. The summed E-state index contributed by atoms with van der Waals surface area (Å²) in [5.41, 5.74) is 8.22. The van der Waals surface area contributed by atoms with Gasteiger partial charge in [0.2, 0.25) is 5.91 Å². The smallest absolute Gasteiger partial charge is 0.230 e. The molecule has 6 heteroatoms. The van der Waals surface area contributed by atoms with E-state index >= 15 is 0 Å². The van der Waals surface area contributed by atoms with Gasteiger partial charge >= 0.3 is 0 Å². The van der Waals surface area contributed by atoms with E-state index in [0.29, 0.717) is 11.7 Å². The lowest BCUT2D eigenvalue weighted by molar-refractivity contribution is -0.117. The van der Waals surface area contributed by atoms with Crippen LogP contribution in [-0.2, 0) is 11.3 Å². The number of halogens is 1. The molecular weight excluding hydrogens is 337 g/mol. The molecular formula is C19H18FN3OS. The minimum Gasteiger partial charge on any atom is -0.369 e. The molecule has 0 radical (unpaired) electrons. The Morgan fingerprint density at radius 2 is 1.88 bits per heavy atom. The number of hydrogen-bond donors (Lipinski definition) is 1. The van der Waals surface area contributed by atoms with Gasteiger partial charge < -0.3 is 10.3 Å². The Labute approximate surface area is 149 Å². The highest BCUT2D eigenvalue weighted by atomic mass is 32.2. The molecule has 1 amide bonds. The van der Waals surface area contributed by atoms with Gasteiger partial charge in [-0.25, -0.2) is 9.37 Å². The molecule has 0 aliphatic rings. The first-order valence-corrected chi connectivity index (χ1v) is 8.74. The van der Waals surface area contributed by atoms with E-state index in [1.807, 2.05) is 34.9 Å². The summed E-state index contributed by atoms with van der Waals surface area (Å²) in [4.78, 5) is 15.9. The Hall–Kier alpha value is -2.60. The topological polar surface area (TPSA) is 60.9 Å². The molecule has 0 aliphatic heterocycles. The fraction of sp³-hybridized carbons (Fsp3) is 0.158. The molecule has 1 heterocycles. The number of thioether (sulfide) groups is 1. The van der Waals surface area contributed by atoms with Crippen LogP contribution in [0.15, 0.2) is 66.0 Å². The third kappa shape index (κ3) is 4.09. The molecule has 0 aliphatic carbocycles. The molecule has 25 heavy (non-hydrogen) atoms. The highest BCUT2D eigenvalue weighted by Crippen LogP contribution is 2.29.